The molecule has 1 unspecified atom stereocenters. The number of halogens is 3. The van der Waals surface area contributed by atoms with Gasteiger partial charge >= 0.3 is 41.5 Å². The predicted octanol–water partition coefficient (Wildman–Crippen LogP) is 0.604. The number of allylic oxidation sites excluding steroid dienone is 2. The molecule has 0 N–H and O–H groups in total. The molecule has 1 saturated heterocycles. The van der Waals surface area contributed by atoms with E-state index in [1.807, 2.05) is 6.07 Å². The number of ether oxygens (including phenoxy) is 4. The first-order valence-electron chi connectivity index (χ1n) is 15.2. The molecule has 1 aromatic heterocycles. The Hall–Kier alpha value is -3.98. The molecule has 1 aliphatic rings. The first-order valence-corrected chi connectivity index (χ1v) is 16.2. The van der Waals surface area contributed by atoms with Crippen LogP contribution in [-0.4, -0.2) is 68.8 Å². The molecular weight excluding hydrogens is 704 g/mol. The molecule has 3 atom stereocenters. The number of esters is 2. The molecule has 2 aromatic carbocycles. The van der Waals surface area contributed by atoms with E-state index in [0.717, 1.165) is 25.1 Å². The Kier molecular flexibility index (Phi) is 15.9. The minimum atomic E-state index is -1.85. The van der Waals surface area contributed by atoms with Crippen LogP contribution in [0.15, 0.2) is 67.3 Å². The molecule has 4 rings (SSSR count). The van der Waals surface area contributed by atoms with E-state index in [4.69, 9.17) is 24.2 Å². The zero-order valence-corrected chi connectivity index (χ0v) is 30.7. The van der Waals surface area contributed by atoms with E-state index in [2.05, 4.69) is 10.1 Å². The number of rotatable bonds is 15. The van der Waals surface area contributed by atoms with E-state index in [1.54, 1.807) is 25.2 Å². The maximum absolute atomic E-state index is 15.6. The van der Waals surface area contributed by atoms with Crippen LogP contribution in [0.25, 0.3) is 6.08 Å². The zero-order chi connectivity index (χ0) is 36.3. The molecule has 0 radical (unpaired) electrons. The molecule has 17 heteroatoms. The second-order valence-corrected chi connectivity index (χ2v) is 12.7. The van der Waals surface area contributed by atoms with Gasteiger partial charge in [-0.1, -0.05) is 24.3 Å². The van der Waals surface area contributed by atoms with E-state index >= 15 is 4.39 Å². The normalized spacial score (nSPS) is 18.3. The molecule has 0 spiro atoms. The minimum Gasteiger partial charge on any atom is -0.546 e. The third-order valence-corrected chi connectivity index (χ3v) is 8.91. The summed E-state index contributed by atoms with van der Waals surface area (Å²) in [5, 5.41) is 23.3. The Balaban J connectivity index is 0.00000702. The van der Waals surface area contributed by atoms with Crippen LogP contribution in [0, 0.1) is 28.8 Å². The number of thioether (sulfide) groups is 1. The summed E-state index contributed by atoms with van der Waals surface area (Å²) in [5.74, 6) is -5.98. The van der Waals surface area contributed by atoms with Crippen molar-refractivity contribution in [2.75, 3.05) is 13.2 Å². The number of hydrogen-bond donors (Lipinski definition) is 0. The third kappa shape index (κ3) is 11.8. The van der Waals surface area contributed by atoms with Crippen molar-refractivity contribution in [3.63, 3.8) is 0 Å². The molecule has 2 heterocycles. The van der Waals surface area contributed by atoms with Crippen molar-refractivity contribution in [1.82, 2.24) is 14.8 Å². The average Bonchev–Trinajstić information content (AvgIpc) is 3.58. The van der Waals surface area contributed by atoms with E-state index in [9.17, 15) is 28.3 Å². The standard InChI is InChI=1S/C34H33F3N4O8S.Na/c1-21(50-26-16-46-32(47-17-26)6-4-3-5-24-8-7-23(15-38)13-28(24)36)34(18-41-20-39-19-40-41,27-10-9-25(35)14-29(27)37)49-31(43)12-11-30(33(44)45)48-22(2)42;/h3-10,13-14,19-21,26,30,32H,11-12,16-18H2,1-2H3,(H,44,45);/q;+1/p-1/b5-3+,6-4+;/t21-,26?,30?,32?,34-;/m1./s1. The summed E-state index contributed by atoms with van der Waals surface area (Å²) >= 11 is 1.24. The Labute approximate surface area is 317 Å². The number of carbonyl (C=O) groups excluding carboxylic acids is 3. The molecule has 0 bridgehead atoms. The Bertz CT molecular complexity index is 1770. The Morgan fingerprint density at radius 3 is 2.51 bits per heavy atom. The van der Waals surface area contributed by atoms with E-state index in [-0.39, 0.29) is 65.7 Å². The van der Waals surface area contributed by atoms with Gasteiger partial charge in [0, 0.05) is 42.2 Å². The summed E-state index contributed by atoms with van der Waals surface area (Å²) in [7, 11) is 0. The van der Waals surface area contributed by atoms with Gasteiger partial charge in [-0.25, -0.2) is 22.8 Å². The molecule has 0 amide bonds. The van der Waals surface area contributed by atoms with Gasteiger partial charge in [-0.05, 0) is 37.3 Å². The zero-order valence-electron chi connectivity index (χ0n) is 27.9. The number of carbonyl (C=O) groups is 3. The number of benzene rings is 2. The fourth-order valence-corrected chi connectivity index (χ4v) is 6.41. The van der Waals surface area contributed by atoms with Crippen molar-refractivity contribution in [3.8, 4) is 6.07 Å². The first-order chi connectivity index (χ1) is 23.9. The largest absolute Gasteiger partial charge is 1.00 e. The summed E-state index contributed by atoms with van der Waals surface area (Å²) in [4.78, 5) is 40.0. The molecular formula is C34H32F3N4NaO8S. The number of aromatic nitrogens is 3. The van der Waals surface area contributed by atoms with Gasteiger partial charge in [0.2, 0.25) is 0 Å². The SMILES string of the molecule is CC(=O)OC(CCC(=O)O[C@@](Cn1cncn1)(c1ccc(F)cc1F)[C@@H](C)SC1COC(/C=C/C=C/c2ccc(C#N)cc2F)OC1)C(=O)[O-].[Na+]. The molecule has 0 saturated carbocycles. The summed E-state index contributed by atoms with van der Waals surface area (Å²) in [6, 6.07) is 8.82. The van der Waals surface area contributed by atoms with Gasteiger partial charge in [0.1, 0.15) is 36.2 Å². The van der Waals surface area contributed by atoms with Crippen LogP contribution in [-0.2, 0) is 45.5 Å². The van der Waals surface area contributed by atoms with Gasteiger partial charge in [0.15, 0.2) is 11.9 Å². The van der Waals surface area contributed by atoms with E-state index in [0.29, 0.717) is 11.6 Å². The Morgan fingerprint density at radius 1 is 1.16 bits per heavy atom. The number of aliphatic carboxylic acids is 1. The van der Waals surface area contributed by atoms with Crippen molar-refractivity contribution in [2.45, 2.75) is 61.7 Å². The molecule has 51 heavy (non-hydrogen) atoms. The van der Waals surface area contributed by atoms with Gasteiger partial charge in [-0.15, -0.1) is 11.8 Å². The molecule has 1 fully saturated rings. The first kappa shape index (κ1) is 41.4. The van der Waals surface area contributed by atoms with Crippen molar-refractivity contribution in [3.05, 3.63) is 101 Å². The van der Waals surface area contributed by atoms with Crippen molar-refractivity contribution in [2.24, 2.45) is 0 Å². The van der Waals surface area contributed by atoms with Crippen LogP contribution in [0.1, 0.15) is 43.4 Å². The second kappa shape index (κ2) is 19.6. The second-order valence-electron chi connectivity index (χ2n) is 11.1. The summed E-state index contributed by atoms with van der Waals surface area (Å²) in [5.41, 5.74) is -1.53. The summed E-state index contributed by atoms with van der Waals surface area (Å²) in [6.45, 7) is 2.72. The summed E-state index contributed by atoms with van der Waals surface area (Å²) in [6.07, 6.45) is 5.38. The van der Waals surface area contributed by atoms with E-state index in [1.165, 1.54) is 47.3 Å². The maximum Gasteiger partial charge on any atom is 1.00 e. The van der Waals surface area contributed by atoms with Gasteiger partial charge in [-0.3, -0.25) is 9.59 Å². The fourth-order valence-electron chi connectivity index (χ4n) is 5.05. The van der Waals surface area contributed by atoms with E-state index < -0.39 is 71.4 Å². The number of carboxylic acids is 1. The minimum absolute atomic E-state index is 0. The molecule has 12 nitrogen and oxygen atoms in total. The van der Waals surface area contributed by atoms with Crippen LogP contribution < -0.4 is 34.7 Å². The van der Waals surface area contributed by atoms with Crippen LogP contribution in [0.2, 0.25) is 0 Å². The monoisotopic (exact) mass is 736 g/mol. The third-order valence-electron chi connectivity index (χ3n) is 7.46. The molecule has 0 aliphatic carbocycles. The van der Waals surface area contributed by atoms with Crippen LogP contribution >= 0.6 is 11.8 Å². The van der Waals surface area contributed by atoms with Gasteiger partial charge < -0.3 is 28.8 Å². The number of carboxylic acid groups (broad SMARTS) is 1. The summed E-state index contributed by atoms with van der Waals surface area (Å²) < 4.78 is 67.4. The quantitative estimate of drug-likeness (QED) is 0.121. The van der Waals surface area contributed by atoms with Crippen LogP contribution in [0.3, 0.4) is 0 Å². The molecule has 1 aliphatic heterocycles. The predicted molar refractivity (Wildman–Crippen MR) is 170 cm³/mol. The number of nitrogens with zero attached hydrogens (tertiary/aromatic N) is 4. The van der Waals surface area contributed by atoms with Crippen molar-refractivity contribution in [1.29, 1.82) is 5.26 Å². The smallest absolute Gasteiger partial charge is 0.546 e. The van der Waals surface area contributed by atoms with Crippen LogP contribution in [0.5, 0.6) is 0 Å². The fraction of sp³-hybridized carbons (Fsp3) is 0.353. The maximum atomic E-state index is 15.6. The van der Waals surface area contributed by atoms with Gasteiger partial charge in [0.05, 0.1) is 42.6 Å². The molecule has 3 aromatic rings. The number of hydrogen-bond acceptors (Lipinski definition) is 12. The number of nitriles is 1. The average molecular weight is 737 g/mol. The topological polar surface area (TPSA) is 166 Å². The van der Waals surface area contributed by atoms with Gasteiger partial charge in [-0.2, -0.15) is 10.4 Å². The van der Waals surface area contributed by atoms with Crippen molar-refractivity contribution < 1.29 is 81.2 Å². The van der Waals surface area contributed by atoms with Crippen LogP contribution in [0.4, 0.5) is 13.2 Å². The Morgan fingerprint density at radius 2 is 1.90 bits per heavy atom. The molecule has 264 valence electrons. The van der Waals surface area contributed by atoms with Crippen molar-refractivity contribution >= 4 is 35.7 Å². The van der Waals surface area contributed by atoms with Gasteiger partial charge in [0.25, 0.3) is 0 Å².